The summed E-state index contributed by atoms with van der Waals surface area (Å²) in [6.07, 6.45) is 14.2. The minimum atomic E-state index is 0.157. The van der Waals surface area contributed by atoms with Crippen LogP contribution in [0.5, 0.6) is 0 Å². The van der Waals surface area contributed by atoms with Crippen molar-refractivity contribution in [1.29, 1.82) is 0 Å². The van der Waals surface area contributed by atoms with Gasteiger partial charge in [-0.3, -0.25) is 0 Å². The summed E-state index contributed by atoms with van der Waals surface area (Å²) >= 11 is 0. The minimum absolute atomic E-state index is 0.157. The van der Waals surface area contributed by atoms with Gasteiger partial charge in [0.25, 0.3) is 0 Å². The lowest BCUT2D eigenvalue weighted by atomic mass is 9.43. The number of hydrogen-bond acceptors (Lipinski definition) is 0. The SMILES string of the molecule is c1ccc(-c2ccc(-c3ccc(-c4c5ccccc5c(-c5cccc6c5-c5ccccc5C65C6CC7CC(C6)CC5C7)c5ccccc45)cc3)cc2)cc1.c1ccc(-c2cccc(-c3c4ccccc4c(-c4cccc5c4-c4ccccc4C54C5CC6CC(C5)CC4C6)c4ccccc34)c2)cc1. The van der Waals surface area contributed by atoms with Crippen molar-refractivity contribution in [2.45, 2.75) is 75.0 Å². The summed E-state index contributed by atoms with van der Waals surface area (Å²) in [7, 11) is 0. The zero-order valence-corrected chi connectivity index (χ0v) is 57.7. The summed E-state index contributed by atoms with van der Waals surface area (Å²) in [6, 6.07) is 119. The van der Waals surface area contributed by atoms with Crippen molar-refractivity contribution in [3.8, 4) is 100 Å². The average Bonchev–Trinajstić information content (AvgIpc) is 1.50. The van der Waals surface area contributed by atoms with Crippen LogP contribution in [0.15, 0.2) is 315 Å². The smallest absolute Gasteiger partial charge is 0.0272 e. The van der Waals surface area contributed by atoms with E-state index in [1.165, 1.54) is 207 Å². The van der Waals surface area contributed by atoms with Crippen LogP contribution in [0, 0.1) is 47.3 Å². The molecule has 488 valence electrons. The fraction of sp³-hybridized carbons (Fsp3) is 0.196. The van der Waals surface area contributed by atoms with Gasteiger partial charge in [0.2, 0.25) is 0 Å². The van der Waals surface area contributed by atoms with E-state index in [4.69, 9.17) is 0 Å². The summed E-state index contributed by atoms with van der Waals surface area (Å²) < 4.78 is 0. The molecule has 8 saturated carbocycles. The Bertz CT molecular complexity index is 5720. The van der Waals surface area contributed by atoms with Gasteiger partial charge in [-0.1, -0.05) is 309 Å². The number of hydrogen-bond donors (Lipinski definition) is 0. The first-order valence-electron chi connectivity index (χ1n) is 38.3. The van der Waals surface area contributed by atoms with Gasteiger partial charge >= 0.3 is 0 Å². The van der Waals surface area contributed by atoms with Gasteiger partial charge in [0.05, 0.1) is 0 Å². The molecule has 2 spiro atoms. The van der Waals surface area contributed by atoms with E-state index in [1.807, 2.05) is 0 Å². The van der Waals surface area contributed by atoms with Crippen LogP contribution in [0.25, 0.3) is 143 Å². The molecule has 0 nitrogen and oxygen atoms in total. The van der Waals surface area contributed by atoms with E-state index < -0.39 is 0 Å². The van der Waals surface area contributed by atoms with Crippen molar-refractivity contribution in [2.24, 2.45) is 47.3 Å². The molecule has 15 aromatic rings. The normalized spacial score (nSPS) is 24.0. The van der Waals surface area contributed by atoms with Crippen LogP contribution in [-0.2, 0) is 10.8 Å². The van der Waals surface area contributed by atoms with Crippen molar-refractivity contribution in [3.63, 3.8) is 0 Å². The maximum atomic E-state index is 2.54. The topological polar surface area (TPSA) is 0 Å². The molecule has 0 heteroatoms. The van der Waals surface area contributed by atoms with E-state index in [9.17, 15) is 0 Å². The average molecular weight is 1310 g/mol. The Morgan fingerprint density at radius 2 is 0.422 bits per heavy atom. The molecule has 25 rings (SSSR count). The molecule has 8 bridgehead atoms. The molecule has 0 aromatic heterocycles. The lowest BCUT2D eigenvalue weighted by Crippen LogP contribution is -2.55. The summed E-state index contributed by atoms with van der Waals surface area (Å²) in [4.78, 5) is 0. The highest BCUT2D eigenvalue weighted by Crippen LogP contribution is 2.72. The maximum Gasteiger partial charge on any atom is 0.0272 e. The van der Waals surface area contributed by atoms with Crippen molar-refractivity contribution < 1.29 is 0 Å². The van der Waals surface area contributed by atoms with Gasteiger partial charge < -0.3 is 0 Å². The van der Waals surface area contributed by atoms with Crippen molar-refractivity contribution in [2.75, 3.05) is 0 Å². The molecule has 0 amide bonds. The summed E-state index contributed by atoms with van der Waals surface area (Å²) in [5.41, 5.74) is 31.0. The second-order valence-corrected chi connectivity index (χ2v) is 32.0. The number of rotatable bonds is 7. The summed E-state index contributed by atoms with van der Waals surface area (Å²) in [5, 5.41) is 10.6. The molecule has 0 saturated heterocycles. The second-order valence-electron chi connectivity index (χ2n) is 32.0. The first kappa shape index (κ1) is 59.1. The Morgan fingerprint density at radius 3 is 0.804 bits per heavy atom. The monoisotopic (exact) mass is 1300 g/mol. The van der Waals surface area contributed by atoms with Crippen molar-refractivity contribution >= 4 is 43.1 Å². The minimum Gasteiger partial charge on any atom is -0.0622 e. The molecule has 0 radical (unpaired) electrons. The molecule has 0 unspecified atom stereocenters. The molecule has 102 heavy (non-hydrogen) atoms. The fourth-order valence-electron chi connectivity index (χ4n) is 24.1. The van der Waals surface area contributed by atoms with Gasteiger partial charge in [-0.15, -0.1) is 0 Å². The Kier molecular flexibility index (Phi) is 13.3. The van der Waals surface area contributed by atoms with Gasteiger partial charge in [-0.25, -0.2) is 0 Å². The molecule has 0 aliphatic heterocycles. The largest absolute Gasteiger partial charge is 0.0622 e. The molecule has 10 aliphatic rings. The molecular weight excluding hydrogens is 1230 g/mol. The van der Waals surface area contributed by atoms with E-state index in [2.05, 4.69) is 315 Å². The van der Waals surface area contributed by atoms with E-state index in [0.29, 0.717) is 0 Å². The lowest BCUT2D eigenvalue weighted by molar-refractivity contribution is -0.0399. The molecule has 15 aromatic carbocycles. The third-order valence-corrected chi connectivity index (χ3v) is 27.3. The fourth-order valence-corrected chi connectivity index (χ4v) is 24.1. The molecule has 0 atom stereocenters. The number of fused-ring (bicyclic) bond motifs is 10. The number of benzene rings is 15. The standard InChI is InChI=1S/C54H42.C48H38/c1-2-11-36(12-3-1)37-21-23-38(24-22-37)39-25-27-40(28-26-39)51-43-13-4-6-15-45(43)52(46-16-7-5-14-44(46)51)48-18-10-20-50-53(48)47-17-8-9-19-49(47)54(50)41-30-34-29-35(32-41)33-42(54)31-34;1-2-12-32(13-3-1)33-14-10-15-34(29-33)45-37-16-4-6-18-39(37)46(40-19-7-5-17-38(40)45)42-21-11-23-44-47(42)41-20-8-9-22-43(41)48(44)35-25-30-24-31(27-35)28-36(48)26-30/h1-28,34-35,41-42H,29-33H2;1-23,29-31,35-36H,24-28H2. The van der Waals surface area contributed by atoms with Crippen LogP contribution in [0.3, 0.4) is 0 Å². The first-order chi connectivity index (χ1) is 50.5. The van der Waals surface area contributed by atoms with Gasteiger partial charge in [-0.2, -0.15) is 0 Å². The van der Waals surface area contributed by atoms with Crippen molar-refractivity contribution in [1.82, 2.24) is 0 Å². The van der Waals surface area contributed by atoms with E-state index in [0.717, 1.165) is 47.3 Å². The highest BCUT2D eigenvalue weighted by atomic mass is 14.7. The van der Waals surface area contributed by atoms with E-state index in [1.54, 1.807) is 22.3 Å². The molecule has 0 N–H and O–H groups in total. The lowest BCUT2D eigenvalue weighted by Gasteiger charge is -2.61. The summed E-state index contributed by atoms with van der Waals surface area (Å²) in [5.74, 6) is 6.80. The van der Waals surface area contributed by atoms with Gasteiger partial charge in [0, 0.05) is 10.8 Å². The Hall–Kier alpha value is -10.7. The maximum absolute atomic E-state index is 2.54. The highest BCUT2D eigenvalue weighted by molar-refractivity contribution is 6.24. The third kappa shape index (κ3) is 8.56. The van der Waals surface area contributed by atoms with E-state index in [-0.39, 0.29) is 10.8 Å². The predicted octanol–water partition coefficient (Wildman–Crippen LogP) is 27.1. The zero-order chi connectivity index (χ0) is 66.8. The van der Waals surface area contributed by atoms with Gasteiger partial charge in [0.1, 0.15) is 0 Å². The molecule has 0 heterocycles. The van der Waals surface area contributed by atoms with E-state index >= 15 is 0 Å². The van der Waals surface area contributed by atoms with Crippen molar-refractivity contribution in [3.05, 3.63) is 338 Å². The molecule has 10 aliphatic carbocycles. The third-order valence-electron chi connectivity index (χ3n) is 27.3. The Morgan fingerprint density at radius 1 is 0.167 bits per heavy atom. The predicted molar refractivity (Wildman–Crippen MR) is 427 cm³/mol. The van der Waals surface area contributed by atoms with Crippen LogP contribution in [0.2, 0.25) is 0 Å². The van der Waals surface area contributed by atoms with Gasteiger partial charge in [0.15, 0.2) is 0 Å². The summed E-state index contributed by atoms with van der Waals surface area (Å²) in [6.45, 7) is 0. The van der Waals surface area contributed by atoms with Crippen LogP contribution in [0.4, 0.5) is 0 Å². The Labute approximate surface area is 599 Å². The van der Waals surface area contributed by atoms with Crippen LogP contribution in [-0.4, -0.2) is 0 Å². The molecule has 8 fully saturated rings. The second kappa shape index (κ2) is 22.9. The molecular formula is C102H80. The first-order valence-corrected chi connectivity index (χ1v) is 38.3. The highest BCUT2D eigenvalue weighted by Gasteiger charge is 2.63. The van der Waals surface area contributed by atoms with Crippen LogP contribution >= 0.6 is 0 Å². The van der Waals surface area contributed by atoms with Crippen LogP contribution in [0.1, 0.15) is 86.5 Å². The van der Waals surface area contributed by atoms with Gasteiger partial charge in [-0.05, 0) is 283 Å². The van der Waals surface area contributed by atoms with Crippen LogP contribution < -0.4 is 0 Å². The zero-order valence-electron chi connectivity index (χ0n) is 57.7. The Balaban J connectivity index is 0.000000130. The quantitative estimate of drug-likeness (QED) is 0.140.